The van der Waals surface area contributed by atoms with E-state index >= 15 is 0 Å². The number of anilines is 1. The summed E-state index contributed by atoms with van der Waals surface area (Å²) >= 11 is 0. The van der Waals surface area contributed by atoms with Crippen LogP contribution in [0.2, 0.25) is 0 Å². The molecular formula is C24H28F3N5O5. The van der Waals surface area contributed by atoms with Crippen LogP contribution in [0.15, 0.2) is 24.3 Å². The Bertz CT molecular complexity index is 1230. The van der Waals surface area contributed by atoms with Crippen molar-refractivity contribution in [2.24, 2.45) is 11.7 Å². The molecule has 4 rings (SSSR count). The molecular weight excluding hydrogens is 495 g/mol. The number of likely N-dealkylation sites (tertiary alicyclic amines) is 1. The second-order valence-corrected chi connectivity index (χ2v) is 9.39. The number of nitrogens with one attached hydrogen (secondary N) is 1. The lowest BCUT2D eigenvalue weighted by Gasteiger charge is -2.33. The highest BCUT2D eigenvalue weighted by Crippen LogP contribution is 2.46. The molecule has 3 amide bonds. The van der Waals surface area contributed by atoms with E-state index in [1.807, 2.05) is 0 Å². The summed E-state index contributed by atoms with van der Waals surface area (Å²) in [6, 6.07) is 5.93. The van der Waals surface area contributed by atoms with Crippen molar-refractivity contribution in [3.05, 3.63) is 29.8 Å². The van der Waals surface area contributed by atoms with E-state index in [1.54, 1.807) is 24.3 Å². The smallest absolute Gasteiger partial charge is 0.475 e. The Balaban J connectivity index is 0.000000559. The maximum Gasteiger partial charge on any atom is 0.490 e. The van der Waals surface area contributed by atoms with E-state index in [0.29, 0.717) is 16.2 Å². The van der Waals surface area contributed by atoms with E-state index in [-0.39, 0.29) is 31.2 Å². The van der Waals surface area contributed by atoms with Gasteiger partial charge in [0.1, 0.15) is 12.1 Å². The largest absolute Gasteiger partial charge is 0.490 e. The van der Waals surface area contributed by atoms with Crippen LogP contribution in [-0.4, -0.2) is 76.4 Å². The number of carboxylic acid groups (broad SMARTS) is 1. The van der Waals surface area contributed by atoms with E-state index in [1.165, 1.54) is 11.8 Å². The van der Waals surface area contributed by atoms with Crippen LogP contribution >= 0.6 is 0 Å². The van der Waals surface area contributed by atoms with Crippen molar-refractivity contribution in [3.8, 4) is 6.07 Å². The van der Waals surface area contributed by atoms with E-state index in [4.69, 9.17) is 19.7 Å². The molecule has 200 valence electrons. The first-order valence-electron chi connectivity index (χ1n) is 12.9. The minimum absolute atomic E-state index is 0.0602. The molecule has 0 bridgehead atoms. The van der Waals surface area contributed by atoms with Gasteiger partial charge in [0.25, 0.3) is 0 Å². The first kappa shape index (κ1) is 23.7. The van der Waals surface area contributed by atoms with E-state index < -0.39 is 54.5 Å². The molecule has 1 spiro atoms. The number of alkyl halides is 3. The molecule has 2 fully saturated rings. The number of hydrogen-bond acceptors (Lipinski definition) is 6. The van der Waals surface area contributed by atoms with Crippen LogP contribution in [-0.2, 0) is 24.6 Å². The second kappa shape index (κ2) is 10.4. The van der Waals surface area contributed by atoms with Crippen LogP contribution in [0.25, 0.3) is 0 Å². The quantitative estimate of drug-likeness (QED) is 0.526. The van der Waals surface area contributed by atoms with Gasteiger partial charge in [-0.15, -0.1) is 0 Å². The fourth-order valence-corrected chi connectivity index (χ4v) is 4.54. The van der Waals surface area contributed by atoms with Crippen molar-refractivity contribution in [1.29, 1.82) is 5.26 Å². The van der Waals surface area contributed by atoms with Crippen molar-refractivity contribution in [2.45, 2.75) is 62.3 Å². The Morgan fingerprint density at radius 1 is 1.38 bits per heavy atom. The minimum atomic E-state index is -5.08. The Labute approximate surface area is 215 Å². The number of benzene rings is 1. The molecule has 4 N–H and O–H groups in total. The first-order valence-corrected chi connectivity index (χ1v) is 11.4. The average molecular weight is 527 g/mol. The monoisotopic (exact) mass is 526 g/mol. The highest BCUT2D eigenvalue weighted by molar-refractivity contribution is 6.07. The highest BCUT2D eigenvalue weighted by Gasteiger charge is 2.57. The molecule has 0 radical (unpaired) electrons. The number of halogens is 3. The van der Waals surface area contributed by atoms with Crippen LogP contribution in [0.1, 0.15) is 42.3 Å². The van der Waals surface area contributed by atoms with Gasteiger partial charge in [-0.3, -0.25) is 14.4 Å². The molecule has 1 saturated carbocycles. The molecule has 37 heavy (non-hydrogen) atoms. The van der Waals surface area contributed by atoms with Crippen molar-refractivity contribution < 1.29 is 41.6 Å². The van der Waals surface area contributed by atoms with E-state index in [2.05, 4.69) is 11.4 Å². The number of fused-ring (bicyclic) bond motifs is 2. The molecule has 1 aromatic rings. The first-order chi connectivity index (χ1) is 18.4. The molecule has 1 aromatic carbocycles. The number of para-hydroxylation sites is 1. The summed E-state index contributed by atoms with van der Waals surface area (Å²) in [4.78, 5) is 50.4. The Hall–Kier alpha value is -3.66. The lowest BCUT2D eigenvalue weighted by molar-refractivity contribution is -0.192. The number of nitriles is 1. The summed E-state index contributed by atoms with van der Waals surface area (Å²) in [6.45, 7) is -1.56. The predicted molar refractivity (Wildman–Crippen MR) is 124 cm³/mol. The third kappa shape index (κ3) is 5.69. The van der Waals surface area contributed by atoms with Gasteiger partial charge in [-0.1, -0.05) is 31.0 Å². The van der Waals surface area contributed by atoms with Gasteiger partial charge in [-0.05, 0) is 30.9 Å². The molecule has 13 heteroatoms. The van der Waals surface area contributed by atoms with Crippen LogP contribution < -0.4 is 11.1 Å². The second-order valence-electron chi connectivity index (χ2n) is 9.39. The summed E-state index contributed by atoms with van der Waals surface area (Å²) in [6.07, 6.45) is -3.12. The van der Waals surface area contributed by atoms with Gasteiger partial charge in [0.15, 0.2) is 0 Å². The number of aliphatic carboxylic acids is 1. The lowest BCUT2D eigenvalue weighted by Crippen LogP contribution is -2.54. The molecule has 1 aliphatic carbocycles. The molecule has 0 aromatic heterocycles. The fraction of sp³-hybridized carbons (Fsp3) is 0.542. The topological polar surface area (TPSA) is 157 Å². The molecule has 4 atom stereocenters. The molecule has 2 heterocycles. The van der Waals surface area contributed by atoms with Gasteiger partial charge in [0.05, 0.1) is 17.5 Å². The maximum atomic E-state index is 13.8. The number of nitrogens with zero attached hydrogens (tertiary/aromatic N) is 3. The number of carboxylic acids is 1. The normalized spacial score (nSPS) is 25.3. The number of rotatable bonds is 5. The number of hydrogen-bond donors (Lipinski definition) is 3. The number of amides is 3. The van der Waals surface area contributed by atoms with Gasteiger partial charge in [-0.2, -0.15) is 18.4 Å². The Morgan fingerprint density at radius 3 is 2.51 bits per heavy atom. The third-order valence-electron chi connectivity index (χ3n) is 6.64. The summed E-state index contributed by atoms with van der Waals surface area (Å²) in [5, 5.41) is 19.8. The van der Waals surface area contributed by atoms with Crippen molar-refractivity contribution >= 4 is 29.4 Å². The van der Waals surface area contributed by atoms with Crippen LogP contribution in [0.3, 0.4) is 0 Å². The summed E-state index contributed by atoms with van der Waals surface area (Å²) in [7, 11) is 0. The zero-order valence-corrected chi connectivity index (χ0v) is 19.8. The van der Waals surface area contributed by atoms with Crippen LogP contribution in [0.5, 0.6) is 0 Å². The summed E-state index contributed by atoms with van der Waals surface area (Å²) in [5.41, 5.74) is 5.98. The molecule has 3 aliphatic rings. The average Bonchev–Trinajstić information content (AvgIpc) is 3.52. The standard InChI is InChI=1S/C22H27N5O3.C2HF3O2/c1-13(24)19(28)26(2)18(9-14-7-8-14)20(29)27-12-22(10-15(27)11-23)16-5-3-4-6-17(16)25-21(22)30;3-2(4,5)1(6)7/h3-6,13-15,18H,7-10,12,24H2,1-2H3,(H,25,30);(H,6,7)/t13-,15-,18-,22-;/m0./s1/i2D3;. The van der Waals surface area contributed by atoms with Crippen LogP contribution in [0.4, 0.5) is 18.9 Å². The number of likely N-dealkylation sites (N-methyl/N-ethyl adjacent to an activating group) is 1. The number of carbonyl (C=O) groups is 4. The van der Waals surface area contributed by atoms with E-state index in [9.17, 15) is 32.8 Å². The predicted octanol–water partition coefficient (Wildman–Crippen LogP) is 1.61. The highest BCUT2D eigenvalue weighted by atomic mass is 19.4. The van der Waals surface area contributed by atoms with E-state index in [0.717, 1.165) is 12.8 Å². The third-order valence-corrected chi connectivity index (χ3v) is 6.64. The van der Waals surface area contributed by atoms with Gasteiger partial charge in [0.2, 0.25) is 17.7 Å². The molecule has 2 aliphatic heterocycles. The molecule has 1 saturated heterocycles. The van der Waals surface area contributed by atoms with Crippen molar-refractivity contribution in [3.63, 3.8) is 0 Å². The van der Waals surface area contributed by atoms with Crippen molar-refractivity contribution in [1.82, 2.24) is 9.80 Å². The van der Waals surface area contributed by atoms with Gasteiger partial charge < -0.3 is 26.0 Å². The Morgan fingerprint density at radius 2 is 2.00 bits per heavy atom. The number of nitrogens with two attached hydrogens (primary N) is 1. The lowest BCUT2D eigenvalue weighted by atomic mass is 9.80. The van der Waals surface area contributed by atoms with Gasteiger partial charge in [-0.25, -0.2) is 4.79 Å². The molecule has 0 unspecified atom stereocenters. The SMILES string of the molecule is O=C(O)C(F)(F)F.[2H]C([2H])([2H])N(C(=O)[C@H](C)N)[C@@H](CC1CC1)C(=O)N1C[C@]2(C[C@H]1C#N)C(=O)Nc1ccccc12. The summed E-state index contributed by atoms with van der Waals surface area (Å²) < 4.78 is 55.6. The number of carbonyl (C=O) groups excluding carboxylic acids is 3. The zero-order chi connectivity index (χ0) is 30.2. The Kier molecular flexibility index (Phi) is 6.65. The maximum absolute atomic E-state index is 13.8. The van der Waals surface area contributed by atoms with Crippen molar-refractivity contribution in [2.75, 3.05) is 18.8 Å². The fourth-order valence-electron chi connectivity index (χ4n) is 4.54. The van der Waals surface area contributed by atoms with Gasteiger partial charge >= 0.3 is 12.1 Å². The minimum Gasteiger partial charge on any atom is -0.475 e. The van der Waals surface area contributed by atoms with Gasteiger partial charge in [0, 0.05) is 29.7 Å². The summed E-state index contributed by atoms with van der Waals surface area (Å²) in [5.74, 6) is -4.41. The molecule has 10 nitrogen and oxygen atoms in total. The van der Waals surface area contributed by atoms with Crippen LogP contribution in [0, 0.1) is 17.2 Å². The zero-order valence-electron chi connectivity index (χ0n) is 22.8.